The van der Waals surface area contributed by atoms with Crippen molar-refractivity contribution in [3.8, 4) is 11.3 Å². The van der Waals surface area contributed by atoms with Crippen molar-refractivity contribution in [1.29, 1.82) is 0 Å². The van der Waals surface area contributed by atoms with Crippen LogP contribution in [0.15, 0.2) is 88.6 Å². The smallest absolute Gasteiger partial charge is 0.264 e. The molecule has 2 amide bonds. The van der Waals surface area contributed by atoms with Gasteiger partial charge in [-0.1, -0.05) is 67.9 Å². The number of anilines is 1. The molecule has 3 N–H and O–H groups in total. The molecular formula is C32H35N5O5S. The van der Waals surface area contributed by atoms with Crippen molar-refractivity contribution in [3.63, 3.8) is 0 Å². The fourth-order valence-electron chi connectivity index (χ4n) is 4.86. The molecule has 4 aromatic rings. The predicted molar refractivity (Wildman–Crippen MR) is 166 cm³/mol. The van der Waals surface area contributed by atoms with E-state index in [1.165, 1.54) is 42.3 Å². The first-order valence-electron chi connectivity index (χ1n) is 13.9. The molecule has 0 radical (unpaired) electrons. The number of aromatic amines is 1. The Hall–Kier alpha value is -4.77. The molecule has 0 fully saturated rings. The van der Waals surface area contributed by atoms with E-state index in [4.69, 9.17) is 0 Å². The quantitative estimate of drug-likeness (QED) is 0.233. The summed E-state index contributed by atoms with van der Waals surface area (Å²) < 4.78 is 29.0. The van der Waals surface area contributed by atoms with Gasteiger partial charge in [0, 0.05) is 30.8 Å². The van der Waals surface area contributed by atoms with Crippen molar-refractivity contribution in [2.45, 2.75) is 51.1 Å². The SMILES string of the molecule is CCC[C@H](C(=O)NCc1ccccc1)N(C)C(=O)c1cccc(S(=O)(=O)Nc2nc(-c3c(C)cccc3C)cc(=O)[nH]2)c1. The lowest BCUT2D eigenvalue weighted by atomic mass is 10.00. The number of likely N-dealkylation sites (N-methyl/N-ethyl adjacent to an activating group) is 1. The number of aromatic nitrogens is 2. The number of aryl methyl sites for hydroxylation is 2. The molecule has 10 nitrogen and oxygen atoms in total. The molecule has 0 aliphatic carbocycles. The summed E-state index contributed by atoms with van der Waals surface area (Å²) in [6, 6.07) is 21.2. The second kappa shape index (κ2) is 13.5. The first-order valence-corrected chi connectivity index (χ1v) is 15.4. The van der Waals surface area contributed by atoms with Crippen LogP contribution >= 0.6 is 0 Å². The van der Waals surface area contributed by atoms with Gasteiger partial charge in [-0.15, -0.1) is 0 Å². The molecule has 0 saturated carbocycles. The van der Waals surface area contributed by atoms with Gasteiger partial charge in [0.15, 0.2) is 0 Å². The van der Waals surface area contributed by atoms with E-state index >= 15 is 0 Å². The zero-order valence-corrected chi connectivity index (χ0v) is 25.4. The minimum absolute atomic E-state index is 0.0908. The van der Waals surface area contributed by atoms with Crippen molar-refractivity contribution >= 4 is 27.8 Å². The average molecular weight is 602 g/mol. The van der Waals surface area contributed by atoms with Crippen LogP contribution in [0.3, 0.4) is 0 Å². The molecule has 3 aromatic carbocycles. The van der Waals surface area contributed by atoms with Gasteiger partial charge in [-0.25, -0.2) is 18.1 Å². The van der Waals surface area contributed by atoms with Crippen molar-refractivity contribution in [3.05, 3.63) is 111 Å². The van der Waals surface area contributed by atoms with Crippen LogP contribution in [0, 0.1) is 13.8 Å². The van der Waals surface area contributed by atoms with Gasteiger partial charge in [0.25, 0.3) is 21.5 Å². The Bertz CT molecular complexity index is 1770. The summed E-state index contributed by atoms with van der Waals surface area (Å²) in [4.78, 5) is 46.9. The summed E-state index contributed by atoms with van der Waals surface area (Å²) in [5.74, 6) is -1.06. The van der Waals surface area contributed by atoms with Crippen LogP contribution in [0.25, 0.3) is 11.3 Å². The van der Waals surface area contributed by atoms with Crippen LogP contribution in [-0.2, 0) is 21.4 Å². The molecule has 0 saturated heterocycles. The highest BCUT2D eigenvalue weighted by Crippen LogP contribution is 2.25. The molecule has 1 atom stereocenters. The maximum absolute atomic E-state index is 13.5. The molecule has 224 valence electrons. The molecule has 4 rings (SSSR count). The first-order chi connectivity index (χ1) is 20.5. The van der Waals surface area contributed by atoms with Crippen LogP contribution in [0.5, 0.6) is 0 Å². The van der Waals surface area contributed by atoms with Gasteiger partial charge in [0.2, 0.25) is 11.9 Å². The van der Waals surface area contributed by atoms with Gasteiger partial charge < -0.3 is 10.2 Å². The Morgan fingerprint density at radius 3 is 2.30 bits per heavy atom. The number of benzene rings is 3. The Morgan fingerprint density at radius 1 is 0.953 bits per heavy atom. The third kappa shape index (κ3) is 7.55. The Balaban J connectivity index is 1.55. The number of sulfonamides is 1. The van der Waals surface area contributed by atoms with Gasteiger partial charge >= 0.3 is 0 Å². The second-order valence-corrected chi connectivity index (χ2v) is 12.0. The van der Waals surface area contributed by atoms with Crippen LogP contribution in [0.4, 0.5) is 5.95 Å². The minimum atomic E-state index is -4.25. The molecule has 1 heterocycles. The summed E-state index contributed by atoms with van der Waals surface area (Å²) in [6.07, 6.45) is 1.09. The van der Waals surface area contributed by atoms with E-state index in [1.807, 2.05) is 69.3 Å². The maximum Gasteiger partial charge on any atom is 0.264 e. The number of rotatable bonds is 11. The number of hydrogen-bond acceptors (Lipinski definition) is 6. The van der Waals surface area contributed by atoms with E-state index < -0.39 is 27.5 Å². The van der Waals surface area contributed by atoms with E-state index in [2.05, 4.69) is 20.0 Å². The zero-order valence-electron chi connectivity index (χ0n) is 24.5. The van der Waals surface area contributed by atoms with Gasteiger partial charge in [-0.05, 0) is 55.2 Å². The highest BCUT2D eigenvalue weighted by Gasteiger charge is 2.28. The summed E-state index contributed by atoms with van der Waals surface area (Å²) in [5, 5.41) is 2.89. The first kappa shape index (κ1) is 31.2. The molecule has 0 spiro atoms. The van der Waals surface area contributed by atoms with Gasteiger partial charge in [-0.2, -0.15) is 0 Å². The Labute approximate surface area is 251 Å². The van der Waals surface area contributed by atoms with Gasteiger partial charge in [-0.3, -0.25) is 19.4 Å². The van der Waals surface area contributed by atoms with E-state index in [0.717, 1.165) is 22.3 Å². The third-order valence-electron chi connectivity index (χ3n) is 7.06. The number of hydrogen-bond donors (Lipinski definition) is 3. The highest BCUT2D eigenvalue weighted by atomic mass is 32.2. The minimum Gasteiger partial charge on any atom is -0.350 e. The van der Waals surface area contributed by atoms with E-state index in [-0.39, 0.29) is 22.3 Å². The standard InChI is InChI=1S/C32H35N5O5S/c1-5-11-27(30(39)33-20-23-14-7-6-8-15-23)37(4)31(40)24-16-10-17-25(18-24)43(41,42)36-32-34-26(19-28(38)35-32)29-21(2)12-9-13-22(29)3/h6-10,12-19,27H,5,11,20H2,1-4H3,(H,33,39)(H2,34,35,36,38)/t27-/m1/s1. The third-order valence-corrected chi connectivity index (χ3v) is 8.40. The summed E-state index contributed by atoms with van der Waals surface area (Å²) in [5.41, 5.74) is 3.33. The fraction of sp³-hybridized carbons (Fsp3) is 0.250. The number of nitrogens with zero attached hydrogens (tertiary/aromatic N) is 2. The highest BCUT2D eigenvalue weighted by molar-refractivity contribution is 7.92. The van der Waals surface area contributed by atoms with Crippen molar-refractivity contribution < 1.29 is 18.0 Å². The average Bonchev–Trinajstić information content (AvgIpc) is 2.98. The van der Waals surface area contributed by atoms with E-state index in [1.54, 1.807) is 0 Å². The van der Waals surface area contributed by atoms with Crippen LogP contribution in [-0.4, -0.2) is 48.2 Å². The molecule has 0 aliphatic rings. The second-order valence-electron chi connectivity index (χ2n) is 10.3. The lowest BCUT2D eigenvalue weighted by molar-refractivity contribution is -0.125. The number of carbonyl (C=O) groups excluding carboxylic acids is 2. The molecule has 0 bridgehead atoms. The number of nitrogens with one attached hydrogen (secondary N) is 3. The maximum atomic E-state index is 13.5. The number of amides is 2. The topological polar surface area (TPSA) is 141 Å². The predicted octanol–water partition coefficient (Wildman–Crippen LogP) is 4.41. The Kier molecular flexibility index (Phi) is 9.77. The van der Waals surface area contributed by atoms with Crippen LogP contribution < -0.4 is 15.6 Å². The van der Waals surface area contributed by atoms with Gasteiger partial charge in [0.1, 0.15) is 6.04 Å². The van der Waals surface area contributed by atoms with Crippen molar-refractivity contribution in [1.82, 2.24) is 20.2 Å². The van der Waals surface area contributed by atoms with E-state index in [9.17, 15) is 22.8 Å². The molecule has 0 aliphatic heterocycles. The normalized spacial score (nSPS) is 11.9. The molecule has 43 heavy (non-hydrogen) atoms. The fourth-order valence-corrected chi connectivity index (χ4v) is 5.87. The van der Waals surface area contributed by atoms with Crippen LogP contribution in [0.1, 0.15) is 46.8 Å². The lowest BCUT2D eigenvalue weighted by Gasteiger charge is -2.27. The summed E-state index contributed by atoms with van der Waals surface area (Å²) in [6.45, 7) is 6.00. The largest absolute Gasteiger partial charge is 0.350 e. The molecular weight excluding hydrogens is 566 g/mol. The number of carbonyl (C=O) groups is 2. The summed E-state index contributed by atoms with van der Waals surface area (Å²) >= 11 is 0. The van der Waals surface area contributed by atoms with Crippen molar-refractivity contribution in [2.75, 3.05) is 11.8 Å². The Morgan fingerprint density at radius 2 is 1.63 bits per heavy atom. The molecule has 1 aromatic heterocycles. The monoisotopic (exact) mass is 601 g/mol. The molecule has 0 unspecified atom stereocenters. The number of H-pyrrole nitrogens is 1. The zero-order chi connectivity index (χ0) is 31.1. The van der Waals surface area contributed by atoms with Gasteiger partial charge in [0.05, 0.1) is 10.6 Å². The lowest BCUT2D eigenvalue weighted by Crippen LogP contribution is -2.47. The van der Waals surface area contributed by atoms with E-state index in [0.29, 0.717) is 25.1 Å². The van der Waals surface area contributed by atoms with Crippen molar-refractivity contribution in [2.24, 2.45) is 0 Å². The molecule has 11 heteroatoms. The summed E-state index contributed by atoms with van der Waals surface area (Å²) in [7, 11) is -2.72. The van der Waals surface area contributed by atoms with Crippen LogP contribution in [0.2, 0.25) is 0 Å².